The fraction of sp³-hybridized carbons (Fsp3) is 0.350. The fourth-order valence-corrected chi connectivity index (χ4v) is 2.59. The standard InChI is InChI=1S/C19H25BN2O2.CH4/c1-2-15-8-6-11-17(14-15)20(16-9-4-3-5-10-16)24-19(23)18(22)12-7-13-21;/h3-6,8-11,14,18H,2,7,12-13,21-22H2,1H3;1H4. The van der Waals surface area contributed by atoms with Gasteiger partial charge in [-0.15, -0.1) is 0 Å². The Morgan fingerprint density at radius 3 is 2.44 bits per heavy atom. The summed E-state index contributed by atoms with van der Waals surface area (Å²) in [5.41, 5.74) is 14.5. The Labute approximate surface area is 151 Å². The minimum absolute atomic E-state index is 0. The van der Waals surface area contributed by atoms with Crippen LogP contribution in [-0.4, -0.2) is 25.5 Å². The Bertz CT molecular complexity index is 649. The lowest BCUT2D eigenvalue weighted by atomic mass is 9.55. The molecule has 0 aliphatic rings. The Kier molecular flexibility index (Phi) is 8.96. The number of nitrogens with two attached hydrogens (primary N) is 2. The van der Waals surface area contributed by atoms with Crippen molar-refractivity contribution in [2.24, 2.45) is 11.5 Å². The molecule has 0 saturated carbocycles. The molecule has 2 rings (SSSR count). The van der Waals surface area contributed by atoms with E-state index in [1.54, 1.807) is 0 Å². The molecule has 0 radical (unpaired) electrons. The van der Waals surface area contributed by atoms with Crippen molar-refractivity contribution in [3.8, 4) is 0 Å². The normalized spacial score (nSPS) is 11.3. The first-order valence-corrected chi connectivity index (χ1v) is 8.45. The summed E-state index contributed by atoms with van der Waals surface area (Å²) >= 11 is 0. The van der Waals surface area contributed by atoms with Crippen LogP contribution < -0.4 is 22.4 Å². The SMILES string of the molecule is C.CCc1cccc(B(OC(=O)C(N)CCCN)c2ccccc2)c1. The quantitative estimate of drug-likeness (QED) is 0.716. The first kappa shape index (κ1) is 20.9. The second-order valence-electron chi connectivity index (χ2n) is 5.86. The van der Waals surface area contributed by atoms with E-state index in [2.05, 4.69) is 19.1 Å². The number of hydrogen-bond acceptors (Lipinski definition) is 4. The molecule has 0 aliphatic carbocycles. The summed E-state index contributed by atoms with van der Waals surface area (Å²) in [5.74, 6) is -0.390. The predicted octanol–water partition coefficient (Wildman–Crippen LogP) is 1.60. The van der Waals surface area contributed by atoms with Gasteiger partial charge in [0.2, 0.25) is 0 Å². The van der Waals surface area contributed by atoms with Crippen molar-refractivity contribution in [2.75, 3.05) is 6.54 Å². The summed E-state index contributed by atoms with van der Waals surface area (Å²) in [7, 11) is 0. The van der Waals surface area contributed by atoms with Gasteiger partial charge in [0.25, 0.3) is 0 Å². The number of hydrogen-bond donors (Lipinski definition) is 2. The molecule has 2 aromatic rings. The van der Waals surface area contributed by atoms with Gasteiger partial charge in [0.05, 0.1) is 0 Å². The van der Waals surface area contributed by atoms with Gasteiger partial charge in [0, 0.05) is 0 Å². The predicted molar refractivity (Wildman–Crippen MR) is 106 cm³/mol. The van der Waals surface area contributed by atoms with Crippen molar-refractivity contribution in [1.82, 2.24) is 0 Å². The lowest BCUT2D eigenvalue weighted by Crippen LogP contribution is -2.49. The molecule has 1 atom stereocenters. The summed E-state index contributed by atoms with van der Waals surface area (Å²) in [6.45, 7) is 2.17. The molecule has 0 spiro atoms. The van der Waals surface area contributed by atoms with Crippen LogP contribution in [0.5, 0.6) is 0 Å². The fourth-order valence-electron chi connectivity index (χ4n) is 2.59. The Hall–Kier alpha value is -2.11. The van der Waals surface area contributed by atoms with Crippen LogP contribution in [0.1, 0.15) is 32.8 Å². The van der Waals surface area contributed by atoms with Crippen LogP contribution in [0.25, 0.3) is 0 Å². The number of carbonyl (C=O) groups excluding carboxylic acids is 1. The van der Waals surface area contributed by atoms with Gasteiger partial charge in [-0.1, -0.05) is 68.9 Å². The smallest absolute Gasteiger partial charge is 0.429 e. The number of rotatable bonds is 8. The average Bonchev–Trinajstić information content (AvgIpc) is 2.64. The van der Waals surface area contributed by atoms with Crippen LogP contribution in [-0.2, 0) is 15.9 Å². The zero-order chi connectivity index (χ0) is 17.4. The van der Waals surface area contributed by atoms with Crippen molar-refractivity contribution in [3.05, 3.63) is 60.2 Å². The van der Waals surface area contributed by atoms with Crippen molar-refractivity contribution in [1.29, 1.82) is 0 Å². The summed E-state index contributed by atoms with van der Waals surface area (Å²) in [5, 5.41) is 0. The van der Waals surface area contributed by atoms with Gasteiger partial charge in [0.15, 0.2) is 0 Å². The third-order valence-electron chi connectivity index (χ3n) is 4.02. The number of benzene rings is 2. The highest BCUT2D eigenvalue weighted by Crippen LogP contribution is 2.03. The molecule has 25 heavy (non-hydrogen) atoms. The summed E-state index contributed by atoms with van der Waals surface area (Å²) in [4.78, 5) is 12.4. The van der Waals surface area contributed by atoms with Gasteiger partial charge in [-0.25, -0.2) is 0 Å². The van der Waals surface area contributed by atoms with E-state index >= 15 is 0 Å². The Balaban J connectivity index is 0.00000312. The zero-order valence-corrected chi connectivity index (χ0v) is 14.2. The molecule has 0 bridgehead atoms. The molecule has 0 fully saturated rings. The van der Waals surface area contributed by atoms with Crippen LogP contribution in [0, 0.1) is 0 Å². The van der Waals surface area contributed by atoms with Gasteiger partial charge < -0.3 is 16.1 Å². The molecule has 4 N–H and O–H groups in total. The molecular formula is C20H29BN2O2. The summed E-state index contributed by atoms with van der Waals surface area (Å²) in [6, 6.07) is 17.2. The maximum Gasteiger partial charge on any atom is 0.429 e. The van der Waals surface area contributed by atoms with Crippen LogP contribution in [0.3, 0.4) is 0 Å². The minimum Gasteiger partial charge on any atom is -0.525 e. The Morgan fingerprint density at radius 2 is 1.80 bits per heavy atom. The molecular weight excluding hydrogens is 311 g/mol. The van der Waals surface area contributed by atoms with Crippen LogP contribution in [0.4, 0.5) is 0 Å². The van der Waals surface area contributed by atoms with Gasteiger partial charge in [-0.05, 0) is 42.3 Å². The number of aryl methyl sites for hydroxylation is 1. The molecule has 0 aromatic heterocycles. The second-order valence-corrected chi connectivity index (χ2v) is 5.86. The van der Waals surface area contributed by atoms with Crippen LogP contribution in [0.2, 0.25) is 0 Å². The topological polar surface area (TPSA) is 78.3 Å². The highest BCUT2D eigenvalue weighted by Gasteiger charge is 2.28. The van der Waals surface area contributed by atoms with E-state index in [-0.39, 0.29) is 13.4 Å². The maximum atomic E-state index is 12.4. The lowest BCUT2D eigenvalue weighted by molar-refractivity contribution is -0.136. The van der Waals surface area contributed by atoms with E-state index in [0.717, 1.165) is 17.3 Å². The third kappa shape index (κ3) is 6.03. The van der Waals surface area contributed by atoms with Gasteiger partial charge in [-0.3, -0.25) is 4.79 Å². The van der Waals surface area contributed by atoms with E-state index in [1.807, 2.05) is 42.5 Å². The number of carbonyl (C=O) groups is 1. The molecule has 1 unspecified atom stereocenters. The van der Waals surface area contributed by atoms with Gasteiger partial charge >= 0.3 is 12.9 Å². The molecule has 0 aliphatic heterocycles. The molecule has 2 aromatic carbocycles. The van der Waals surface area contributed by atoms with E-state index in [9.17, 15) is 4.79 Å². The minimum atomic E-state index is -0.644. The lowest BCUT2D eigenvalue weighted by Gasteiger charge is -2.19. The van der Waals surface area contributed by atoms with E-state index in [4.69, 9.17) is 16.1 Å². The maximum absolute atomic E-state index is 12.4. The third-order valence-corrected chi connectivity index (χ3v) is 4.02. The van der Waals surface area contributed by atoms with E-state index in [1.165, 1.54) is 5.56 Å². The van der Waals surface area contributed by atoms with Crippen molar-refractivity contribution in [2.45, 2.75) is 39.7 Å². The molecule has 0 saturated heterocycles. The first-order chi connectivity index (χ1) is 11.7. The molecule has 4 nitrogen and oxygen atoms in total. The second kappa shape index (κ2) is 10.7. The monoisotopic (exact) mass is 340 g/mol. The molecule has 5 heteroatoms. The highest BCUT2D eigenvalue weighted by molar-refractivity contribution is 6.81. The highest BCUT2D eigenvalue weighted by atomic mass is 16.5. The first-order valence-electron chi connectivity index (χ1n) is 8.45. The largest absolute Gasteiger partial charge is 0.525 e. The van der Waals surface area contributed by atoms with Gasteiger partial charge in [0.1, 0.15) is 6.04 Å². The van der Waals surface area contributed by atoms with Crippen molar-refractivity contribution in [3.63, 3.8) is 0 Å². The van der Waals surface area contributed by atoms with Gasteiger partial charge in [-0.2, -0.15) is 0 Å². The van der Waals surface area contributed by atoms with E-state index < -0.39 is 13.0 Å². The Morgan fingerprint density at radius 1 is 1.12 bits per heavy atom. The summed E-state index contributed by atoms with van der Waals surface area (Å²) in [6.07, 6.45) is 2.17. The zero-order valence-electron chi connectivity index (χ0n) is 14.2. The molecule has 0 heterocycles. The van der Waals surface area contributed by atoms with Crippen LogP contribution >= 0.6 is 0 Å². The van der Waals surface area contributed by atoms with Crippen LogP contribution in [0.15, 0.2) is 54.6 Å². The van der Waals surface area contributed by atoms with E-state index in [0.29, 0.717) is 19.4 Å². The summed E-state index contributed by atoms with van der Waals surface area (Å²) < 4.78 is 5.78. The average molecular weight is 340 g/mol. The van der Waals surface area contributed by atoms with Crippen molar-refractivity contribution < 1.29 is 9.45 Å². The molecule has 134 valence electrons. The van der Waals surface area contributed by atoms with Crippen molar-refractivity contribution >= 4 is 23.8 Å². The molecule has 0 amide bonds.